The van der Waals surface area contributed by atoms with Gasteiger partial charge in [-0.3, -0.25) is 14.0 Å². The zero-order valence-corrected chi connectivity index (χ0v) is 17.0. The molecule has 2 heterocycles. The Hall–Kier alpha value is -3.68. The van der Waals surface area contributed by atoms with Gasteiger partial charge in [-0.15, -0.1) is 0 Å². The molecule has 0 unspecified atom stereocenters. The minimum atomic E-state index is -1.23. The van der Waals surface area contributed by atoms with Crippen molar-refractivity contribution in [3.05, 3.63) is 74.6 Å². The Labute approximate surface area is 171 Å². The molecule has 30 heavy (non-hydrogen) atoms. The summed E-state index contributed by atoms with van der Waals surface area (Å²) in [5, 5.41) is 15.4. The lowest BCUT2D eigenvalue weighted by molar-refractivity contribution is -0.141. The van der Waals surface area contributed by atoms with Gasteiger partial charge in [0.1, 0.15) is 6.04 Å². The van der Waals surface area contributed by atoms with Crippen molar-refractivity contribution < 1.29 is 9.90 Å². The average Bonchev–Trinajstić information content (AvgIpc) is 3.05. The first-order valence-corrected chi connectivity index (χ1v) is 9.73. The highest BCUT2D eigenvalue weighted by atomic mass is 16.4. The third-order valence-corrected chi connectivity index (χ3v) is 5.53. The summed E-state index contributed by atoms with van der Waals surface area (Å²) in [6.45, 7) is 3.74. The summed E-state index contributed by atoms with van der Waals surface area (Å²) in [5.41, 5.74) is 1.86. The van der Waals surface area contributed by atoms with Crippen molar-refractivity contribution in [3.63, 3.8) is 0 Å². The van der Waals surface area contributed by atoms with Crippen LogP contribution >= 0.6 is 0 Å². The predicted octanol–water partition coefficient (Wildman–Crippen LogP) is 2.44. The fourth-order valence-corrected chi connectivity index (χ4v) is 4.08. The molecule has 4 rings (SSSR count). The predicted molar refractivity (Wildman–Crippen MR) is 114 cm³/mol. The Balaban J connectivity index is 2.04. The fraction of sp³-hybridized carbons (Fsp3) is 0.273. The molecule has 0 fully saturated rings. The van der Waals surface area contributed by atoms with Crippen LogP contribution in [0, 0.1) is 6.92 Å². The molecule has 1 N–H and O–H groups in total. The van der Waals surface area contributed by atoms with Crippen LogP contribution in [0.4, 0.5) is 0 Å². The smallest absolute Gasteiger partial charge is 0.332 e. The van der Waals surface area contributed by atoms with E-state index in [1.54, 1.807) is 35.9 Å². The number of hydrogen-bond donors (Lipinski definition) is 1. The molecule has 4 aromatic rings. The monoisotopic (exact) mass is 406 g/mol. The van der Waals surface area contributed by atoms with Gasteiger partial charge in [-0.05, 0) is 37.1 Å². The number of aromatic nitrogens is 4. The topological polar surface area (TPSA) is 99.1 Å². The minimum Gasteiger partial charge on any atom is -0.480 e. The molecule has 0 amide bonds. The first kappa shape index (κ1) is 19.6. The maximum atomic E-state index is 13.4. The van der Waals surface area contributed by atoms with Crippen LogP contribution in [0.5, 0.6) is 0 Å². The van der Waals surface area contributed by atoms with Crippen molar-refractivity contribution >= 4 is 27.8 Å². The first-order valence-electron chi connectivity index (χ1n) is 9.73. The molecule has 0 aliphatic rings. The number of para-hydroxylation sites is 1. The van der Waals surface area contributed by atoms with Crippen LogP contribution < -0.4 is 11.2 Å². The highest BCUT2D eigenvalue weighted by Gasteiger charge is 2.25. The highest BCUT2D eigenvalue weighted by Crippen LogP contribution is 2.23. The van der Waals surface area contributed by atoms with Gasteiger partial charge >= 0.3 is 11.7 Å². The summed E-state index contributed by atoms with van der Waals surface area (Å²) in [6.07, 6.45) is 0.119. The van der Waals surface area contributed by atoms with E-state index >= 15 is 0 Å². The van der Waals surface area contributed by atoms with E-state index in [1.165, 1.54) is 4.57 Å². The molecule has 0 bridgehead atoms. The van der Waals surface area contributed by atoms with Gasteiger partial charge in [0.05, 0.1) is 28.7 Å². The normalized spacial score (nSPS) is 12.5. The lowest BCUT2D eigenvalue weighted by atomic mass is 10.1. The summed E-state index contributed by atoms with van der Waals surface area (Å²) in [5.74, 6) is -1.21. The number of carbonyl (C=O) groups is 1. The number of hydrogen-bond acceptors (Lipinski definition) is 4. The van der Waals surface area contributed by atoms with E-state index in [0.717, 1.165) is 21.0 Å². The van der Waals surface area contributed by atoms with Crippen molar-refractivity contribution in [2.45, 2.75) is 32.9 Å². The van der Waals surface area contributed by atoms with Gasteiger partial charge in [-0.2, -0.15) is 5.10 Å². The van der Waals surface area contributed by atoms with Crippen molar-refractivity contribution in [1.29, 1.82) is 0 Å². The third-order valence-electron chi connectivity index (χ3n) is 5.53. The molecule has 8 heteroatoms. The van der Waals surface area contributed by atoms with Crippen LogP contribution in [0.25, 0.3) is 21.8 Å². The third kappa shape index (κ3) is 2.92. The van der Waals surface area contributed by atoms with Gasteiger partial charge in [0.2, 0.25) is 0 Å². The molecule has 0 spiro atoms. The molecule has 0 radical (unpaired) electrons. The quantitative estimate of drug-likeness (QED) is 0.549. The summed E-state index contributed by atoms with van der Waals surface area (Å²) < 4.78 is 4.05. The van der Waals surface area contributed by atoms with Crippen molar-refractivity contribution in [2.24, 2.45) is 7.05 Å². The molecule has 0 saturated heterocycles. The largest absolute Gasteiger partial charge is 0.480 e. The van der Waals surface area contributed by atoms with E-state index in [-0.39, 0.29) is 13.0 Å². The number of nitrogens with zero attached hydrogens (tertiary/aromatic N) is 4. The number of fused-ring (bicyclic) bond motifs is 2. The van der Waals surface area contributed by atoms with Crippen LogP contribution in [-0.4, -0.2) is 30.0 Å². The molecule has 2 aromatic heterocycles. The van der Waals surface area contributed by atoms with Gasteiger partial charge in [0.15, 0.2) is 0 Å². The number of aliphatic carboxylic acids is 1. The fourth-order valence-electron chi connectivity index (χ4n) is 4.08. The van der Waals surface area contributed by atoms with Gasteiger partial charge in [0.25, 0.3) is 5.56 Å². The van der Waals surface area contributed by atoms with Crippen LogP contribution in [0.3, 0.4) is 0 Å². The van der Waals surface area contributed by atoms with Gasteiger partial charge in [0, 0.05) is 12.4 Å². The lowest BCUT2D eigenvalue weighted by Gasteiger charge is -2.17. The maximum absolute atomic E-state index is 13.4. The molecule has 0 aliphatic heterocycles. The number of carboxylic acid groups (broad SMARTS) is 1. The molecular weight excluding hydrogens is 384 g/mol. The number of carboxylic acids is 1. The SMILES string of the molecule is CC[C@H](C(=O)O)n1c(=O)c2ccccc2n(Cc2nn(C)c3cccc(C)c23)c1=O. The van der Waals surface area contributed by atoms with E-state index in [2.05, 4.69) is 5.10 Å². The zero-order valence-electron chi connectivity index (χ0n) is 17.0. The van der Waals surface area contributed by atoms with Gasteiger partial charge in [-0.25, -0.2) is 14.2 Å². The van der Waals surface area contributed by atoms with Crippen molar-refractivity contribution in [1.82, 2.24) is 18.9 Å². The van der Waals surface area contributed by atoms with Gasteiger partial charge in [-0.1, -0.05) is 31.2 Å². The summed E-state index contributed by atoms with van der Waals surface area (Å²) in [6, 6.07) is 11.4. The molecule has 0 aliphatic carbocycles. The molecule has 2 aromatic carbocycles. The van der Waals surface area contributed by atoms with Crippen molar-refractivity contribution in [3.8, 4) is 0 Å². The first-order chi connectivity index (χ1) is 14.3. The minimum absolute atomic E-state index is 0.119. The second-order valence-corrected chi connectivity index (χ2v) is 7.36. The second kappa shape index (κ2) is 7.29. The van der Waals surface area contributed by atoms with E-state index in [4.69, 9.17) is 0 Å². The standard InChI is InChI=1S/C22H22N4O4/c1-4-16(21(28)29)26-20(27)14-9-5-6-10-17(14)25(22(26)30)12-15-19-13(2)8-7-11-18(19)24(3)23-15/h5-11,16H,4,12H2,1-3H3,(H,28,29)/t16-/m1/s1. The zero-order chi connectivity index (χ0) is 21.6. The highest BCUT2D eigenvalue weighted by molar-refractivity contribution is 5.85. The maximum Gasteiger partial charge on any atom is 0.332 e. The molecule has 8 nitrogen and oxygen atoms in total. The van der Waals surface area contributed by atoms with Crippen LogP contribution in [0.15, 0.2) is 52.1 Å². The summed E-state index contributed by atoms with van der Waals surface area (Å²) in [4.78, 5) is 38.1. The van der Waals surface area contributed by atoms with Crippen LogP contribution in [0.1, 0.15) is 30.6 Å². The van der Waals surface area contributed by atoms with E-state index in [0.29, 0.717) is 16.6 Å². The number of aryl methyl sites for hydroxylation is 2. The summed E-state index contributed by atoms with van der Waals surface area (Å²) >= 11 is 0. The van der Waals surface area contributed by atoms with Crippen LogP contribution in [0.2, 0.25) is 0 Å². The Bertz CT molecular complexity index is 1410. The second-order valence-electron chi connectivity index (χ2n) is 7.36. The number of rotatable bonds is 5. The Kier molecular flexibility index (Phi) is 4.77. The van der Waals surface area contributed by atoms with E-state index < -0.39 is 23.3 Å². The number of benzene rings is 2. The lowest BCUT2D eigenvalue weighted by Crippen LogP contribution is -2.44. The van der Waals surface area contributed by atoms with E-state index in [9.17, 15) is 19.5 Å². The molecular formula is C22H22N4O4. The Morgan fingerprint density at radius 2 is 1.80 bits per heavy atom. The Morgan fingerprint density at radius 3 is 2.50 bits per heavy atom. The van der Waals surface area contributed by atoms with Crippen LogP contribution in [-0.2, 0) is 18.4 Å². The van der Waals surface area contributed by atoms with E-state index in [1.807, 2.05) is 32.2 Å². The van der Waals surface area contributed by atoms with Crippen molar-refractivity contribution in [2.75, 3.05) is 0 Å². The molecule has 0 saturated carbocycles. The summed E-state index contributed by atoms with van der Waals surface area (Å²) in [7, 11) is 1.84. The Morgan fingerprint density at radius 1 is 1.10 bits per heavy atom. The van der Waals surface area contributed by atoms with Gasteiger partial charge < -0.3 is 5.11 Å². The molecule has 154 valence electrons. The average molecular weight is 406 g/mol. The molecule has 1 atom stereocenters.